The van der Waals surface area contributed by atoms with Crippen LogP contribution in [0.4, 0.5) is 0 Å². The van der Waals surface area contributed by atoms with E-state index in [0.29, 0.717) is 12.4 Å². The van der Waals surface area contributed by atoms with Gasteiger partial charge in [-0.3, -0.25) is 13.8 Å². The first-order valence-corrected chi connectivity index (χ1v) is 11.2. The molecule has 5 heterocycles. The van der Waals surface area contributed by atoms with Crippen LogP contribution in [0.2, 0.25) is 0 Å². The smallest absolute Gasteiger partial charge is 0.258 e. The highest BCUT2D eigenvalue weighted by Crippen LogP contribution is 2.29. The number of pyridine rings is 2. The van der Waals surface area contributed by atoms with Gasteiger partial charge in [0.05, 0.1) is 16.7 Å². The van der Waals surface area contributed by atoms with Crippen molar-refractivity contribution in [1.29, 1.82) is 0 Å². The van der Waals surface area contributed by atoms with Gasteiger partial charge in [-0.15, -0.1) is 0 Å². The van der Waals surface area contributed by atoms with Crippen LogP contribution in [0.3, 0.4) is 0 Å². The molecule has 0 radical (unpaired) electrons. The van der Waals surface area contributed by atoms with Crippen LogP contribution >= 0.6 is 0 Å². The van der Waals surface area contributed by atoms with Gasteiger partial charge in [-0.25, -0.2) is 4.99 Å². The first kappa shape index (κ1) is 19.8. The van der Waals surface area contributed by atoms with Gasteiger partial charge in [-0.2, -0.15) is 0 Å². The summed E-state index contributed by atoms with van der Waals surface area (Å²) in [6.07, 6.45) is 8.52. The maximum absolute atomic E-state index is 12.9. The Labute approximate surface area is 190 Å². The molecule has 0 bridgehead atoms. The lowest BCUT2D eigenvalue weighted by Gasteiger charge is -2.14. The van der Waals surface area contributed by atoms with Crippen LogP contribution in [0.15, 0.2) is 70.9 Å². The number of aryl methyl sites for hydroxylation is 1. The number of nitrogens with zero attached hydrogens (tertiary/aromatic N) is 4. The lowest BCUT2D eigenvalue weighted by atomic mass is 10.1. The summed E-state index contributed by atoms with van der Waals surface area (Å²) in [5.41, 5.74) is 7.78. The van der Waals surface area contributed by atoms with Crippen LogP contribution in [-0.4, -0.2) is 20.1 Å². The molecule has 7 nitrogen and oxygen atoms in total. The molecule has 1 aliphatic rings. The fraction of sp³-hybridized carbons (Fsp3) is 0.231. The number of ether oxygens (including phenoxy) is 1. The quantitative estimate of drug-likeness (QED) is 0.458. The van der Waals surface area contributed by atoms with Crippen LogP contribution in [0.1, 0.15) is 23.7 Å². The Kier molecular flexibility index (Phi) is 4.58. The molecule has 5 aromatic rings. The Morgan fingerprint density at radius 1 is 1.18 bits per heavy atom. The van der Waals surface area contributed by atoms with E-state index in [2.05, 4.69) is 40.1 Å². The van der Waals surface area contributed by atoms with Crippen LogP contribution in [0.5, 0.6) is 5.75 Å². The Balaban J connectivity index is 1.23. The van der Waals surface area contributed by atoms with Gasteiger partial charge in [-0.05, 0) is 36.8 Å². The number of fused-ring (bicyclic) bond motifs is 4. The summed E-state index contributed by atoms with van der Waals surface area (Å²) in [5.74, 6) is 0.565. The molecule has 0 unspecified atom stereocenters. The molecule has 0 amide bonds. The molecular weight excluding hydrogens is 414 g/mol. The zero-order valence-corrected chi connectivity index (χ0v) is 18.7. The van der Waals surface area contributed by atoms with Crippen molar-refractivity contribution in [2.24, 2.45) is 12.0 Å². The highest BCUT2D eigenvalue weighted by atomic mass is 16.5. The van der Waals surface area contributed by atoms with Crippen molar-refractivity contribution in [2.45, 2.75) is 26.5 Å². The maximum atomic E-state index is 12.9. The molecule has 0 saturated heterocycles. The van der Waals surface area contributed by atoms with E-state index < -0.39 is 0 Å². The monoisotopic (exact) mass is 439 g/mol. The third kappa shape index (κ3) is 3.32. The van der Waals surface area contributed by atoms with E-state index in [1.807, 2.05) is 35.7 Å². The molecule has 0 fully saturated rings. The Morgan fingerprint density at radius 3 is 2.88 bits per heavy atom. The lowest BCUT2D eigenvalue weighted by molar-refractivity contribution is 0.305. The van der Waals surface area contributed by atoms with Crippen molar-refractivity contribution in [2.75, 3.05) is 6.54 Å². The number of nitrogens with one attached hydrogen (secondary N) is 1. The Hall–Kier alpha value is -3.84. The zero-order valence-electron chi connectivity index (χ0n) is 18.7. The van der Waals surface area contributed by atoms with Crippen molar-refractivity contribution in [3.05, 3.63) is 93.7 Å². The highest BCUT2D eigenvalue weighted by molar-refractivity contribution is 5.87. The third-order valence-corrected chi connectivity index (χ3v) is 6.47. The Morgan fingerprint density at radius 2 is 2.09 bits per heavy atom. The summed E-state index contributed by atoms with van der Waals surface area (Å²) in [4.78, 5) is 17.2. The fourth-order valence-electron chi connectivity index (χ4n) is 4.75. The van der Waals surface area contributed by atoms with Gasteiger partial charge in [-0.1, -0.05) is 12.1 Å². The van der Waals surface area contributed by atoms with Gasteiger partial charge in [0.2, 0.25) is 0 Å². The van der Waals surface area contributed by atoms with Gasteiger partial charge >= 0.3 is 0 Å². The maximum Gasteiger partial charge on any atom is 0.258 e. The highest BCUT2D eigenvalue weighted by Gasteiger charge is 2.18. The molecular formula is C26H25N5O2. The predicted molar refractivity (Wildman–Crippen MR) is 128 cm³/mol. The number of rotatable bonds is 5. The average molecular weight is 440 g/mol. The van der Waals surface area contributed by atoms with Gasteiger partial charge in [0.15, 0.2) is 5.49 Å². The van der Waals surface area contributed by atoms with Crippen molar-refractivity contribution < 1.29 is 4.74 Å². The SMILES string of the molecule is C/C=C\N=c1\c2cc(COc3ccn(-c4ccc5c6c(n(C)c5c4)CCNC6)c(=O)c3)cn12. The second-order valence-electron chi connectivity index (χ2n) is 8.51. The zero-order chi connectivity index (χ0) is 22.5. The summed E-state index contributed by atoms with van der Waals surface area (Å²) in [6.45, 7) is 4.25. The number of aromatic nitrogens is 3. The van der Waals surface area contributed by atoms with Gasteiger partial charge in [0.25, 0.3) is 5.56 Å². The van der Waals surface area contributed by atoms with Gasteiger partial charge in [0.1, 0.15) is 12.4 Å². The molecule has 1 N–H and O–H groups in total. The minimum Gasteiger partial charge on any atom is -0.489 e. The second kappa shape index (κ2) is 7.64. The summed E-state index contributed by atoms with van der Waals surface area (Å²) in [6, 6.07) is 11.7. The summed E-state index contributed by atoms with van der Waals surface area (Å²) in [7, 11) is 2.11. The van der Waals surface area contributed by atoms with Crippen molar-refractivity contribution in [3.8, 4) is 11.4 Å². The van der Waals surface area contributed by atoms with E-state index in [9.17, 15) is 4.79 Å². The molecule has 7 heteroatoms. The third-order valence-electron chi connectivity index (χ3n) is 6.47. The topological polar surface area (TPSA) is 65.0 Å². The van der Waals surface area contributed by atoms with E-state index in [4.69, 9.17) is 4.74 Å². The molecule has 0 spiro atoms. The molecule has 0 atom stereocenters. The van der Waals surface area contributed by atoms with Crippen molar-refractivity contribution >= 4 is 16.4 Å². The normalized spacial score (nSPS) is 14.8. The largest absolute Gasteiger partial charge is 0.489 e. The lowest BCUT2D eigenvalue weighted by Crippen LogP contribution is -2.24. The van der Waals surface area contributed by atoms with Crippen LogP contribution in [-0.2, 0) is 26.6 Å². The molecule has 1 aromatic carbocycles. The standard InChI is InChI=1S/C26H25N5O2/c1-3-8-28-26-24-11-17(15-31(24)26)16-33-19-7-10-30(25(32)13-19)18-4-5-20-21-14-27-9-6-22(21)29(2)23(20)12-18/h3-5,7-8,10-13,15,27H,6,9,14,16H2,1-2H3/b8-3-,28-26-. The van der Waals surface area contributed by atoms with E-state index in [-0.39, 0.29) is 5.56 Å². The minimum atomic E-state index is -0.112. The number of hydrogen-bond donors (Lipinski definition) is 1. The first-order chi connectivity index (χ1) is 16.1. The number of allylic oxidation sites excluding steroid dienone is 1. The summed E-state index contributed by atoms with van der Waals surface area (Å²) >= 11 is 0. The van der Waals surface area contributed by atoms with E-state index in [0.717, 1.165) is 47.3 Å². The summed E-state index contributed by atoms with van der Waals surface area (Å²) < 4.78 is 11.8. The number of benzene rings is 1. The van der Waals surface area contributed by atoms with Crippen LogP contribution in [0, 0.1) is 0 Å². The molecule has 33 heavy (non-hydrogen) atoms. The molecule has 0 saturated carbocycles. The second-order valence-corrected chi connectivity index (χ2v) is 8.51. The van der Waals surface area contributed by atoms with E-state index in [1.54, 1.807) is 23.0 Å². The van der Waals surface area contributed by atoms with E-state index >= 15 is 0 Å². The molecule has 4 aromatic heterocycles. The molecule has 1 aliphatic heterocycles. The van der Waals surface area contributed by atoms with E-state index in [1.165, 1.54) is 16.6 Å². The van der Waals surface area contributed by atoms with Gasteiger partial charge < -0.3 is 14.6 Å². The Bertz CT molecular complexity index is 1590. The first-order valence-electron chi connectivity index (χ1n) is 11.2. The van der Waals surface area contributed by atoms with Crippen LogP contribution in [0.25, 0.3) is 22.1 Å². The van der Waals surface area contributed by atoms with Crippen molar-refractivity contribution in [3.63, 3.8) is 0 Å². The molecule has 6 rings (SSSR count). The molecule has 0 aliphatic carbocycles. The van der Waals surface area contributed by atoms with Crippen molar-refractivity contribution in [1.82, 2.24) is 18.9 Å². The number of hydrogen-bond acceptors (Lipinski definition) is 4. The summed E-state index contributed by atoms with van der Waals surface area (Å²) in [5, 5.41) is 4.71. The fourth-order valence-corrected chi connectivity index (χ4v) is 4.75. The minimum absolute atomic E-state index is 0.112. The molecule has 166 valence electrons. The van der Waals surface area contributed by atoms with Gasteiger partial charge in [0, 0.05) is 67.9 Å². The predicted octanol–water partition coefficient (Wildman–Crippen LogP) is 3.12. The average Bonchev–Trinajstić information content (AvgIpc) is 3.16. The van der Waals surface area contributed by atoms with Crippen LogP contribution < -0.4 is 21.1 Å².